The van der Waals surface area contributed by atoms with Gasteiger partial charge in [-0.3, -0.25) is 10.2 Å². The molecule has 1 amide bonds. The van der Waals surface area contributed by atoms with E-state index in [-0.39, 0.29) is 5.91 Å². The Morgan fingerprint density at radius 3 is 2.94 bits per heavy atom. The predicted molar refractivity (Wildman–Crippen MR) is 67.7 cm³/mol. The van der Waals surface area contributed by atoms with Crippen LogP contribution in [0.2, 0.25) is 0 Å². The zero-order valence-electron chi connectivity index (χ0n) is 9.31. The van der Waals surface area contributed by atoms with E-state index in [1.54, 1.807) is 6.08 Å². The summed E-state index contributed by atoms with van der Waals surface area (Å²) in [6.07, 6.45) is 5.81. The molecule has 0 radical (unpaired) electrons. The first-order chi connectivity index (χ1) is 8.33. The molecule has 1 aliphatic carbocycles. The average molecular weight is 227 g/mol. The zero-order chi connectivity index (χ0) is 11.7. The van der Waals surface area contributed by atoms with Crippen molar-refractivity contribution in [3.8, 4) is 0 Å². The number of carbonyl (C=O) groups excluding carboxylic acids is 1. The minimum atomic E-state index is -0.107. The largest absolute Gasteiger partial charge is 0.348 e. The summed E-state index contributed by atoms with van der Waals surface area (Å²) in [7, 11) is 0. The Labute approximate surface area is 99.4 Å². The van der Waals surface area contributed by atoms with Gasteiger partial charge in [0.1, 0.15) is 5.71 Å². The maximum atomic E-state index is 11.8. The highest BCUT2D eigenvalue weighted by atomic mass is 16.2. The van der Waals surface area contributed by atoms with Crippen LogP contribution in [0.3, 0.4) is 0 Å². The number of rotatable bonds is 2. The molecular weight excluding hydrogens is 214 g/mol. The molecule has 2 N–H and O–H groups in total. The second-order valence-electron chi connectivity index (χ2n) is 4.28. The van der Waals surface area contributed by atoms with Crippen LogP contribution in [0.4, 0.5) is 5.69 Å². The van der Waals surface area contributed by atoms with E-state index in [9.17, 15) is 4.79 Å². The minimum Gasteiger partial charge on any atom is -0.348 e. The van der Waals surface area contributed by atoms with Crippen LogP contribution in [-0.2, 0) is 4.79 Å². The van der Waals surface area contributed by atoms with Crippen molar-refractivity contribution in [2.45, 2.75) is 18.9 Å². The second kappa shape index (κ2) is 4.05. The molecule has 1 saturated carbocycles. The van der Waals surface area contributed by atoms with Gasteiger partial charge in [-0.05, 0) is 30.5 Å². The molecule has 1 heterocycles. The Hall–Kier alpha value is -2.10. The molecule has 0 atom stereocenters. The molecule has 0 spiro atoms. The van der Waals surface area contributed by atoms with Gasteiger partial charge in [0.05, 0.1) is 5.69 Å². The van der Waals surface area contributed by atoms with Crippen molar-refractivity contribution < 1.29 is 4.79 Å². The Morgan fingerprint density at radius 2 is 2.12 bits per heavy atom. The van der Waals surface area contributed by atoms with Crippen LogP contribution in [-0.4, -0.2) is 17.7 Å². The van der Waals surface area contributed by atoms with E-state index >= 15 is 0 Å². The van der Waals surface area contributed by atoms with Crippen LogP contribution >= 0.6 is 0 Å². The number of nitrogens with one attached hydrogen (secondary N) is 2. The predicted octanol–water partition coefficient (Wildman–Crippen LogP) is 1.76. The van der Waals surface area contributed by atoms with Crippen molar-refractivity contribution in [2.75, 3.05) is 5.43 Å². The smallest absolute Gasteiger partial charge is 0.271 e. The molecule has 86 valence electrons. The third kappa shape index (κ3) is 2.20. The highest BCUT2D eigenvalue weighted by Crippen LogP contribution is 2.20. The summed E-state index contributed by atoms with van der Waals surface area (Å²) in [6.45, 7) is 0. The molecule has 1 aromatic rings. The molecule has 1 fully saturated rings. The fourth-order valence-corrected chi connectivity index (χ4v) is 1.68. The van der Waals surface area contributed by atoms with Crippen LogP contribution in [0.5, 0.6) is 0 Å². The molecule has 2 aliphatic rings. The number of hydrazone groups is 1. The lowest BCUT2D eigenvalue weighted by Gasteiger charge is -2.03. The third-order valence-electron chi connectivity index (χ3n) is 2.82. The topological polar surface area (TPSA) is 53.5 Å². The molecule has 1 aromatic carbocycles. The van der Waals surface area contributed by atoms with Gasteiger partial charge in [-0.1, -0.05) is 24.3 Å². The van der Waals surface area contributed by atoms with Gasteiger partial charge >= 0.3 is 0 Å². The van der Waals surface area contributed by atoms with Crippen LogP contribution in [0.25, 0.3) is 6.08 Å². The number of amides is 1. The lowest BCUT2D eigenvalue weighted by molar-refractivity contribution is -0.114. The first kappa shape index (κ1) is 10.1. The number of carbonyl (C=O) groups is 1. The summed E-state index contributed by atoms with van der Waals surface area (Å²) in [5.74, 6) is -0.107. The summed E-state index contributed by atoms with van der Waals surface area (Å²) in [6, 6.07) is 8.16. The van der Waals surface area contributed by atoms with Gasteiger partial charge in [-0.25, -0.2) is 0 Å². The number of benzene rings is 1. The lowest BCUT2D eigenvalue weighted by Crippen LogP contribution is -2.32. The number of fused-ring (bicyclic) bond motifs is 1. The number of nitrogens with zero attached hydrogens (tertiary/aromatic N) is 1. The number of para-hydroxylation sites is 1. The van der Waals surface area contributed by atoms with E-state index in [1.807, 2.05) is 30.3 Å². The lowest BCUT2D eigenvalue weighted by atomic mass is 10.1. The summed E-state index contributed by atoms with van der Waals surface area (Å²) >= 11 is 0. The van der Waals surface area contributed by atoms with Gasteiger partial charge in [0.25, 0.3) is 5.91 Å². The number of anilines is 1. The van der Waals surface area contributed by atoms with Crippen molar-refractivity contribution in [1.29, 1.82) is 0 Å². The number of hydrogen-bond acceptors (Lipinski definition) is 3. The van der Waals surface area contributed by atoms with Crippen LogP contribution in [0.1, 0.15) is 18.4 Å². The molecule has 0 unspecified atom stereocenters. The van der Waals surface area contributed by atoms with E-state index in [4.69, 9.17) is 0 Å². The molecule has 4 heteroatoms. The highest BCUT2D eigenvalue weighted by Gasteiger charge is 2.25. The quantitative estimate of drug-likeness (QED) is 0.808. The summed E-state index contributed by atoms with van der Waals surface area (Å²) < 4.78 is 0. The standard InChI is InChI=1S/C13H13N3O/c17-13(14-10-6-7-10)12-8-5-9-3-1-2-4-11(9)15-16-12/h1-5,8,10,15H,6-7H2,(H,14,17). The highest BCUT2D eigenvalue weighted by molar-refractivity contribution is 6.44. The Balaban J connectivity index is 1.80. The van der Waals surface area contributed by atoms with E-state index < -0.39 is 0 Å². The maximum absolute atomic E-state index is 11.8. The molecule has 0 bridgehead atoms. The van der Waals surface area contributed by atoms with Gasteiger partial charge in [0.15, 0.2) is 0 Å². The molecule has 0 saturated heterocycles. The molecule has 0 aromatic heterocycles. The van der Waals surface area contributed by atoms with E-state index in [2.05, 4.69) is 15.8 Å². The first-order valence-corrected chi connectivity index (χ1v) is 5.74. The Bertz CT molecular complexity index is 515. The number of hydrogen-bond donors (Lipinski definition) is 2. The minimum absolute atomic E-state index is 0.107. The molecule has 17 heavy (non-hydrogen) atoms. The van der Waals surface area contributed by atoms with Crippen LogP contribution < -0.4 is 10.7 Å². The van der Waals surface area contributed by atoms with Crippen LogP contribution in [0, 0.1) is 0 Å². The average Bonchev–Trinajstić information content (AvgIpc) is 3.14. The summed E-state index contributed by atoms with van der Waals surface area (Å²) in [4.78, 5) is 11.8. The van der Waals surface area contributed by atoms with Crippen LogP contribution in [0.15, 0.2) is 35.4 Å². The van der Waals surface area contributed by atoms with Crippen molar-refractivity contribution in [2.24, 2.45) is 5.10 Å². The first-order valence-electron chi connectivity index (χ1n) is 5.74. The monoisotopic (exact) mass is 227 g/mol. The van der Waals surface area contributed by atoms with Gasteiger partial charge in [-0.15, -0.1) is 0 Å². The Morgan fingerprint density at radius 1 is 1.29 bits per heavy atom. The molecular formula is C13H13N3O. The van der Waals surface area contributed by atoms with Gasteiger partial charge in [0, 0.05) is 6.04 Å². The fraction of sp³-hybridized carbons (Fsp3) is 0.231. The fourth-order valence-electron chi connectivity index (χ4n) is 1.68. The SMILES string of the molecule is O=C(NC1CC1)C1=NNc2ccccc2C=C1. The van der Waals surface area contributed by atoms with Crippen molar-refractivity contribution in [3.05, 3.63) is 35.9 Å². The molecule has 3 rings (SSSR count). The van der Waals surface area contributed by atoms with Gasteiger partial charge < -0.3 is 5.32 Å². The normalized spacial score (nSPS) is 17.5. The Kier molecular flexibility index (Phi) is 2.40. The maximum Gasteiger partial charge on any atom is 0.271 e. The van der Waals surface area contributed by atoms with Crippen molar-refractivity contribution >= 4 is 23.4 Å². The van der Waals surface area contributed by atoms with Crippen molar-refractivity contribution in [1.82, 2.24) is 5.32 Å². The second-order valence-corrected chi connectivity index (χ2v) is 4.28. The summed E-state index contributed by atoms with van der Waals surface area (Å²) in [5, 5.41) is 7.03. The molecule has 1 aliphatic heterocycles. The van der Waals surface area contributed by atoms with Crippen molar-refractivity contribution in [3.63, 3.8) is 0 Å². The van der Waals surface area contributed by atoms with E-state index in [1.165, 1.54) is 0 Å². The molecule has 4 nitrogen and oxygen atoms in total. The third-order valence-corrected chi connectivity index (χ3v) is 2.82. The van der Waals surface area contributed by atoms with Gasteiger partial charge in [-0.2, -0.15) is 5.10 Å². The van der Waals surface area contributed by atoms with Gasteiger partial charge in [0.2, 0.25) is 0 Å². The van der Waals surface area contributed by atoms with E-state index in [0.29, 0.717) is 11.8 Å². The van der Waals surface area contributed by atoms with E-state index in [0.717, 1.165) is 24.1 Å². The summed E-state index contributed by atoms with van der Waals surface area (Å²) in [5.41, 5.74) is 5.29. The zero-order valence-corrected chi connectivity index (χ0v) is 9.31.